The van der Waals surface area contributed by atoms with E-state index in [2.05, 4.69) is 0 Å². The van der Waals surface area contributed by atoms with Gasteiger partial charge in [0.25, 0.3) is 5.69 Å². The first-order valence-electron chi connectivity index (χ1n) is 5.83. The molecule has 2 aromatic carbocycles. The van der Waals surface area contributed by atoms with Gasteiger partial charge in [-0.15, -0.1) is 0 Å². The van der Waals surface area contributed by atoms with Crippen molar-refractivity contribution in [2.45, 2.75) is 6.61 Å². The van der Waals surface area contributed by atoms with Gasteiger partial charge in [-0.25, -0.2) is 4.79 Å². The van der Waals surface area contributed by atoms with Crippen LogP contribution in [0.3, 0.4) is 0 Å². The molecule has 0 aromatic heterocycles. The third-order valence-electron chi connectivity index (χ3n) is 2.67. The maximum absolute atomic E-state index is 11.9. The smallest absolute Gasteiger partial charge is 0.339 e. The fraction of sp³-hybridized carbons (Fsp3) is 0.0714. The first kappa shape index (κ1) is 15.3. The third kappa shape index (κ3) is 3.93. The summed E-state index contributed by atoms with van der Waals surface area (Å²) in [5, 5.41) is 11.2. The van der Waals surface area contributed by atoms with Crippen molar-refractivity contribution in [1.82, 2.24) is 0 Å². The average molecular weight is 326 g/mol. The Morgan fingerprint density at radius 1 is 1.14 bits per heavy atom. The summed E-state index contributed by atoms with van der Waals surface area (Å²) in [6.45, 7) is 0.0588. The van der Waals surface area contributed by atoms with Gasteiger partial charge in [0.05, 0.1) is 15.5 Å². The lowest BCUT2D eigenvalue weighted by Gasteiger charge is -2.06. The van der Waals surface area contributed by atoms with E-state index in [1.165, 1.54) is 12.1 Å². The second kappa shape index (κ2) is 6.56. The molecule has 0 spiro atoms. The highest BCUT2D eigenvalue weighted by Crippen LogP contribution is 2.23. The Morgan fingerprint density at radius 2 is 1.81 bits per heavy atom. The number of nitro groups is 1. The van der Waals surface area contributed by atoms with Crippen LogP contribution in [0.5, 0.6) is 0 Å². The van der Waals surface area contributed by atoms with Gasteiger partial charge in [-0.1, -0.05) is 35.3 Å². The molecule has 7 heteroatoms. The van der Waals surface area contributed by atoms with Crippen LogP contribution in [-0.2, 0) is 11.3 Å². The number of carbonyl (C=O) groups is 1. The van der Waals surface area contributed by atoms with Crippen LogP contribution in [0.1, 0.15) is 15.9 Å². The number of benzene rings is 2. The summed E-state index contributed by atoms with van der Waals surface area (Å²) >= 11 is 11.6. The van der Waals surface area contributed by atoms with Crippen LogP contribution >= 0.6 is 23.2 Å². The molecular weight excluding hydrogens is 317 g/mol. The van der Waals surface area contributed by atoms with E-state index in [1.807, 2.05) is 0 Å². The topological polar surface area (TPSA) is 69.4 Å². The number of nitro benzene ring substituents is 1. The van der Waals surface area contributed by atoms with Crippen LogP contribution < -0.4 is 0 Å². The zero-order chi connectivity index (χ0) is 15.4. The minimum Gasteiger partial charge on any atom is -0.457 e. The van der Waals surface area contributed by atoms with Crippen molar-refractivity contribution in [2.75, 3.05) is 0 Å². The summed E-state index contributed by atoms with van der Waals surface area (Å²) in [7, 11) is 0. The van der Waals surface area contributed by atoms with Crippen LogP contribution in [-0.4, -0.2) is 10.9 Å². The molecule has 0 bridgehead atoms. The van der Waals surface area contributed by atoms with E-state index in [0.717, 1.165) is 11.6 Å². The van der Waals surface area contributed by atoms with Gasteiger partial charge in [0.2, 0.25) is 0 Å². The number of esters is 1. The van der Waals surface area contributed by atoms with E-state index >= 15 is 0 Å². The van der Waals surface area contributed by atoms with Crippen molar-refractivity contribution in [3.63, 3.8) is 0 Å². The maximum Gasteiger partial charge on any atom is 0.339 e. The van der Waals surface area contributed by atoms with Crippen LogP contribution in [0.25, 0.3) is 0 Å². The summed E-state index contributed by atoms with van der Waals surface area (Å²) in [6.07, 6.45) is 0. The minimum absolute atomic E-state index is 0.0229. The Hall–Kier alpha value is -2.11. The van der Waals surface area contributed by atoms with Crippen molar-refractivity contribution in [3.05, 3.63) is 73.8 Å². The van der Waals surface area contributed by atoms with Gasteiger partial charge >= 0.3 is 5.97 Å². The molecule has 0 fully saturated rings. The third-order valence-corrected chi connectivity index (χ3v) is 3.23. The lowest BCUT2D eigenvalue weighted by Crippen LogP contribution is -2.06. The molecular formula is C14H9Cl2NO4. The molecule has 0 radical (unpaired) electrons. The number of carbonyl (C=O) groups excluding carboxylic acids is 1. The first-order valence-corrected chi connectivity index (χ1v) is 6.58. The summed E-state index contributed by atoms with van der Waals surface area (Å²) in [4.78, 5) is 21.9. The van der Waals surface area contributed by atoms with Gasteiger partial charge in [-0.05, 0) is 23.8 Å². The first-order chi connectivity index (χ1) is 9.97. The second-order valence-electron chi connectivity index (χ2n) is 4.12. The monoisotopic (exact) mass is 325 g/mol. The summed E-state index contributed by atoms with van der Waals surface area (Å²) in [5.41, 5.74) is 0.663. The van der Waals surface area contributed by atoms with E-state index in [-0.39, 0.29) is 22.9 Å². The predicted octanol–water partition coefficient (Wildman–Crippen LogP) is 4.26. The minimum atomic E-state index is -0.648. The summed E-state index contributed by atoms with van der Waals surface area (Å²) in [5.74, 6) is -0.648. The predicted molar refractivity (Wildman–Crippen MR) is 78.7 cm³/mol. The molecule has 0 saturated carbocycles. The molecule has 2 aromatic rings. The van der Waals surface area contributed by atoms with E-state index in [0.29, 0.717) is 5.02 Å². The van der Waals surface area contributed by atoms with Gasteiger partial charge < -0.3 is 4.74 Å². The Balaban J connectivity index is 2.06. The maximum atomic E-state index is 11.9. The van der Waals surface area contributed by atoms with Crippen molar-refractivity contribution in [3.8, 4) is 0 Å². The van der Waals surface area contributed by atoms with Crippen molar-refractivity contribution in [1.29, 1.82) is 0 Å². The van der Waals surface area contributed by atoms with Gasteiger partial charge in [0.1, 0.15) is 6.61 Å². The highest BCUT2D eigenvalue weighted by molar-refractivity contribution is 6.33. The number of ether oxygens (including phenoxy) is 1. The Morgan fingerprint density at radius 3 is 2.38 bits per heavy atom. The quantitative estimate of drug-likeness (QED) is 0.478. The van der Waals surface area contributed by atoms with E-state index in [9.17, 15) is 14.9 Å². The molecule has 0 aliphatic heterocycles. The number of nitrogens with zero attached hydrogens (tertiary/aromatic N) is 1. The van der Waals surface area contributed by atoms with Gasteiger partial charge in [0, 0.05) is 17.2 Å². The van der Waals surface area contributed by atoms with Crippen LogP contribution in [0.2, 0.25) is 10.0 Å². The molecule has 0 atom stereocenters. The average Bonchev–Trinajstić information content (AvgIpc) is 2.46. The Labute approximate surface area is 130 Å². The van der Waals surface area contributed by atoms with Crippen molar-refractivity contribution < 1.29 is 14.5 Å². The standard InChI is InChI=1S/C14H9Cl2NO4/c15-10-3-1-9(2-4-10)8-21-14(18)12-6-5-11(17(19)20)7-13(12)16/h1-7H,8H2. The number of halogens is 2. The van der Waals surface area contributed by atoms with Crippen molar-refractivity contribution >= 4 is 34.9 Å². The highest BCUT2D eigenvalue weighted by Gasteiger charge is 2.16. The second-order valence-corrected chi connectivity index (χ2v) is 4.97. The summed E-state index contributed by atoms with van der Waals surface area (Å²) in [6, 6.07) is 10.4. The largest absolute Gasteiger partial charge is 0.457 e. The van der Waals surface area contributed by atoms with E-state index in [1.54, 1.807) is 24.3 Å². The Kier molecular flexibility index (Phi) is 4.77. The highest BCUT2D eigenvalue weighted by atomic mass is 35.5. The molecule has 0 unspecified atom stereocenters. The van der Waals surface area contributed by atoms with Gasteiger partial charge in [-0.3, -0.25) is 10.1 Å². The molecule has 0 amide bonds. The zero-order valence-corrected chi connectivity index (χ0v) is 12.1. The number of rotatable bonds is 4. The van der Waals surface area contributed by atoms with Crippen LogP contribution in [0, 0.1) is 10.1 Å². The van der Waals surface area contributed by atoms with Crippen LogP contribution in [0.15, 0.2) is 42.5 Å². The molecule has 0 N–H and O–H groups in total. The fourth-order valence-electron chi connectivity index (χ4n) is 1.59. The van der Waals surface area contributed by atoms with Gasteiger partial charge in [-0.2, -0.15) is 0 Å². The molecule has 5 nitrogen and oxygen atoms in total. The molecule has 0 aliphatic rings. The molecule has 0 saturated heterocycles. The fourth-order valence-corrected chi connectivity index (χ4v) is 1.97. The Bertz CT molecular complexity index is 686. The lowest BCUT2D eigenvalue weighted by molar-refractivity contribution is -0.384. The van der Waals surface area contributed by atoms with E-state index < -0.39 is 10.9 Å². The lowest BCUT2D eigenvalue weighted by atomic mass is 10.2. The number of non-ortho nitro benzene ring substituents is 1. The molecule has 0 heterocycles. The number of hydrogen-bond acceptors (Lipinski definition) is 4. The summed E-state index contributed by atoms with van der Waals surface area (Å²) < 4.78 is 5.10. The van der Waals surface area contributed by atoms with Crippen molar-refractivity contribution in [2.24, 2.45) is 0 Å². The van der Waals surface area contributed by atoms with Crippen LogP contribution in [0.4, 0.5) is 5.69 Å². The van der Waals surface area contributed by atoms with Gasteiger partial charge in [0.15, 0.2) is 0 Å². The molecule has 2 rings (SSSR count). The zero-order valence-electron chi connectivity index (χ0n) is 10.6. The molecule has 21 heavy (non-hydrogen) atoms. The van der Waals surface area contributed by atoms with E-state index in [4.69, 9.17) is 27.9 Å². The molecule has 108 valence electrons. The number of hydrogen-bond donors (Lipinski definition) is 0. The normalized spacial score (nSPS) is 10.2. The SMILES string of the molecule is O=C(OCc1ccc(Cl)cc1)c1ccc([N+](=O)[O-])cc1Cl. The molecule has 0 aliphatic carbocycles.